The number of hydrogen-bond acceptors (Lipinski definition) is 3. The van der Waals surface area contributed by atoms with Crippen molar-refractivity contribution in [1.29, 1.82) is 0 Å². The molecule has 94 valence electrons. The summed E-state index contributed by atoms with van der Waals surface area (Å²) in [6.07, 6.45) is 0. The summed E-state index contributed by atoms with van der Waals surface area (Å²) < 4.78 is 26.9. The van der Waals surface area contributed by atoms with Gasteiger partial charge in [0.15, 0.2) is 11.0 Å². The molecule has 1 N–H and O–H groups in total. The first-order chi connectivity index (χ1) is 8.49. The Morgan fingerprint density at radius 2 is 1.61 bits per heavy atom. The largest absolute Gasteiger partial charge is 0.333 e. The molecule has 0 bridgehead atoms. The second kappa shape index (κ2) is 4.86. The van der Waals surface area contributed by atoms with Crippen LogP contribution in [-0.2, 0) is 0 Å². The zero-order valence-electron chi connectivity index (χ0n) is 9.76. The highest BCUT2D eigenvalue weighted by molar-refractivity contribution is 6.31. The Hall–Kier alpha value is -1.75. The first kappa shape index (κ1) is 12.7. The molecule has 3 nitrogen and oxygen atoms in total. The van der Waals surface area contributed by atoms with Crippen LogP contribution < -0.4 is 5.32 Å². The van der Waals surface area contributed by atoms with Crippen molar-refractivity contribution in [2.45, 2.75) is 13.8 Å². The monoisotopic (exact) mass is 269 g/mol. The molecular weight excluding hydrogens is 260 g/mol. The summed E-state index contributed by atoms with van der Waals surface area (Å²) in [6.45, 7) is 3.49. The van der Waals surface area contributed by atoms with Crippen LogP contribution in [0.4, 0.5) is 20.3 Å². The molecule has 6 heteroatoms. The number of benzene rings is 1. The van der Waals surface area contributed by atoms with Gasteiger partial charge in [-0.3, -0.25) is 0 Å². The van der Waals surface area contributed by atoms with E-state index in [-0.39, 0.29) is 16.7 Å². The second-order valence-electron chi connectivity index (χ2n) is 3.76. The van der Waals surface area contributed by atoms with Crippen molar-refractivity contribution in [1.82, 2.24) is 9.97 Å². The van der Waals surface area contributed by atoms with Crippen LogP contribution in [-0.4, -0.2) is 9.97 Å². The van der Waals surface area contributed by atoms with Gasteiger partial charge in [0, 0.05) is 0 Å². The number of nitrogens with zero attached hydrogens (tertiary/aromatic N) is 2. The van der Waals surface area contributed by atoms with Crippen LogP contribution in [0.2, 0.25) is 5.15 Å². The van der Waals surface area contributed by atoms with Crippen molar-refractivity contribution in [2.75, 3.05) is 5.32 Å². The van der Waals surface area contributed by atoms with Crippen molar-refractivity contribution in [3.05, 3.63) is 46.4 Å². The zero-order chi connectivity index (χ0) is 13.3. The number of anilines is 2. The van der Waals surface area contributed by atoms with E-state index in [1.54, 1.807) is 13.8 Å². The minimum absolute atomic E-state index is 0.0701. The highest BCUT2D eigenvalue weighted by atomic mass is 35.5. The van der Waals surface area contributed by atoms with Crippen LogP contribution >= 0.6 is 11.6 Å². The molecule has 0 aliphatic heterocycles. The first-order valence-electron chi connectivity index (χ1n) is 5.21. The van der Waals surface area contributed by atoms with Crippen LogP contribution in [0.15, 0.2) is 18.2 Å². The molecule has 0 spiro atoms. The molecule has 0 aliphatic rings. The Morgan fingerprint density at radius 3 is 2.22 bits per heavy atom. The van der Waals surface area contributed by atoms with Crippen LogP contribution in [0.1, 0.15) is 11.4 Å². The maximum atomic E-state index is 13.5. The highest BCUT2D eigenvalue weighted by Crippen LogP contribution is 2.26. The topological polar surface area (TPSA) is 37.8 Å². The lowest BCUT2D eigenvalue weighted by atomic mass is 10.3. The fourth-order valence-corrected chi connectivity index (χ4v) is 1.61. The molecule has 0 saturated heterocycles. The lowest BCUT2D eigenvalue weighted by molar-refractivity contribution is 0.590. The van der Waals surface area contributed by atoms with Crippen molar-refractivity contribution in [2.24, 2.45) is 0 Å². The minimum atomic E-state index is -0.717. The SMILES string of the molecule is Cc1nc(Cl)c(Nc2c(F)cccc2F)nc1C. The van der Waals surface area contributed by atoms with E-state index >= 15 is 0 Å². The highest BCUT2D eigenvalue weighted by Gasteiger charge is 2.13. The van der Waals surface area contributed by atoms with Crippen LogP contribution in [0.3, 0.4) is 0 Å². The average Bonchev–Trinajstić information content (AvgIpc) is 2.30. The summed E-state index contributed by atoms with van der Waals surface area (Å²) in [4.78, 5) is 8.14. The molecule has 0 amide bonds. The fraction of sp³-hybridized carbons (Fsp3) is 0.167. The van der Waals surface area contributed by atoms with E-state index in [0.29, 0.717) is 11.4 Å². The quantitative estimate of drug-likeness (QED) is 0.902. The zero-order valence-corrected chi connectivity index (χ0v) is 10.5. The number of aromatic nitrogens is 2. The predicted molar refractivity (Wildman–Crippen MR) is 66.2 cm³/mol. The number of aryl methyl sites for hydroxylation is 2. The summed E-state index contributed by atoms with van der Waals surface area (Å²) in [7, 11) is 0. The van der Waals surface area contributed by atoms with Gasteiger partial charge in [0.25, 0.3) is 0 Å². The van der Waals surface area contributed by atoms with E-state index in [9.17, 15) is 8.78 Å². The molecule has 1 aromatic heterocycles. The third kappa shape index (κ3) is 2.41. The Bertz CT molecular complexity index is 582. The van der Waals surface area contributed by atoms with Gasteiger partial charge in [-0.05, 0) is 26.0 Å². The lowest BCUT2D eigenvalue weighted by Gasteiger charge is -2.10. The van der Waals surface area contributed by atoms with Gasteiger partial charge in [-0.1, -0.05) is 17.7 Å². The molecule has 0 fully saturated rings. The number of nitrogens with one attached hydrogen (secondary N) is 1. The fourth-order valence-electron chi connectivity index (χ4n) is 1.39. The van der Waals surface area contributed by atoms with E-state index in [1.165, 1.54) is 6.07 Å². The Balaban J connectivity index is 2.43. The molecular formula is C12H10ClF2N3. The van der Waals surface area contributed by atoms with Gasteiger partial charge in [0.2, 0.25) is 0 Å². The van der Waals surface area contributed by atoms with Gasteiger partial charge >= 0.3 is 0 Å². The molecule has 0 atom stereocenters. The Kier molecular flexibility index (Phi) is 3.43. The Morgan fingerprint density at radius 1 is 1.06 bits per heavy atom. The smallest absolute Gasteiger partial charge is 0.172 e. The van der Waals surface area contributed by atoms with Crippen molar-refractivity contribution in [3.8, 4) is 0 Å². The lowest BCUT2D eigenvalue weighted by Crippen LogP contribution is -2.03. The number of para-hydroxylation sites is 1. The van der Waals surface area contributed by atoms with E-state index in [2.05, 4.69) is 15.3 Å². The van der Waals surface area contributed by atoms with E-state index in [0.717, 1.165) is 12.1 Å². The number of halogens is 3. The Labute approximate surface area is 108 Å². The maximum absolute atomic E-state index is 13.5. The predicted octanol–water partition coefficient (Wildman–Crippen LogP) is 3.77. The standard InChI is InChI=1S/C12H10ClF2N3/c1-6-7(2)17-12(11(13)16-6)18-10-8(14)4-3-5-9(10)15/h3-5H,1-2H3,(H,17,18). The molecule has 0 radical (unpaired) electrons. The van der Waals surface area contributed by atoms with Gasteiger partial charge < -0.3 is 5.32 Å². The van der Waals surface area contributed by atoms with Crippen LogP contribution in [0, 0.1) is 25.5 Å². The van der Waals surface area contributed by atoms with Gasteiger partial charge in [-0.25, -0.2) is 18.7 Å². The van der Waals surface area contributed by atoms with Crippen LogP contribution in [0.25, 0.3) is 0 Å². The first-order valence-corrected chi connectivity index (χ1v) is 5.58. The number of hydrogen-bond donors (Lipinski definition) is 1. The van der Waals surface area contributed by atoms with Crippen LogP contribution in [0.5, 0.6) is 0 Å². The van der Waals surface area contributed by atoms with E-state index < -0.39 is 11.6 Å². The molecule has 2 rings (SSSR count). The molecule has 2 aromatic rings. The molecule has 18 heavy (non-hydrogen) atoms. The third-order valence-electron chi connectivity index (χ3n) is 2.47. The summed E-state index contributed by atoms with van der Waals surface area (Å²) in [6, 6.07) is 3.57. The molecule has 0 aliphatic carbocycles. The minimum Gasteiger partial charge on any atom is -0.333 e. The molecule has 1 heterocycles. The maximum Gasteiger partial charge on any atom is 0.172 e. The number of rotatable bonds is 2. The van der Waals surface area contributed by atoms with Gasteiger partial charge in [-0.15, -0.1) is 0 Å². The summed E-state index contributed by atoms with van der Waals surface area (Å²) in [5, 5.41) is 2.59. The average molecular weight is 270 g/mol. The van der Waals surface area contributed by atoms with Gasteiger partial charge in [0.05, 0.1) is 11.4 Å². The summed E-state index contributed by atoms with van der Waals surface area (Å²) in [5.74, 6) is -1.30. The summed E-state index contributed by atoms with van der Waals surface area (Å²) >= 11 is 5.88. The van der Waals surface area contributed by atoms with E-state index in [1.807, 2.05) is 0 Å². The normalized spacial score (nSPS) is 10.5. The van der Waals surface area contributed by atoms with Gasteiger partial charge in [-0.2, -0.15) is 0 Å². The molecule has 0 saturated carbocycles. The summed E-state index contributed by atoms with van der Waals surface area (Å²) in [5.41, 5.74) is 1.01. The van der Waals surface area contributed by atoms with Crippen molar-refractivity contribution >= 4 is 23.1 Å². The van der Waals surface area contributed by atoms with Gasteiger partial charge in [0.1, 0.15) is 17.3 Å². The molecule has 0 unspecified atom stereocenters. The second-order valence-corrected chi connectivity index (χ2v) is 4.11. The third-order valence-corrected chi connectivity index (χ3v) is 2.73. The molecule has 1 aromatic carbocycles. The van der Waals surface area contributed by atoms with E-state index in [4.69, 9.17) is 11.6 Å². The van der Waals surface area contributed by atoms with Crippen molar-refractivity contribution in [3.63, 3.8) is 0 Å². The van der Waals surface area contributed by atoms with Crippen molar-refractivity contribution < 1.29 is 8.78 Å².